The van der Waals surface area contributed by atoms with Crippen molar-refractivity contribution in [2.75, 3.05) is 13.6 Å². The summed E-state index contributed by atoms with van der Waals surface area (Å²) in [6, 6.07) is 0.747. The normalized spacial score (nSPS) is 18.7. The number of nitrogens with two attached hydrogens (primary N) is 1. The Morgan fingerprint density at radius 3 is 2.57 bits per heavy atom. The highest BCUT2D eigenvalue weighted by molar-refractivity contribution is 5.73. The van der Waals surface area contributed by atoms with E-state index in [1.807, 2.05) is 0 Å². The lowest BCUT2D eigenvalue weighted by Crippen LogP contribution is -2.34. The van der Waals surface area contributed by atoms with Crippen LogP contribution in [0.2, 0.25) is 0 Å². The van der Waals surface area contributed by atoms with Crippen molar-refractivity contribution < 1.29 is 4.79 Å². The second-order valence-electron chi connectivity index (χ2n) is 4.34. The number of nitrogens with zero attached hydrogens (tertiary/aromatic N) is 1. The third kappa shape index (κ3) is 4.09. The summed E-state index contributed by atoms with van der Waals surface area (Å²) in [5.41, 5.74) is 5.10. The van der Waals surface area contributed by atoms with E-state index in [4.69, 9.17) is 5.73 Å². The van der Waals surface area contributed by atoms with Crippen LogP contribution in [0, 0.1) is 0 Å². The minimum atomic E-state index is -0.179. The average Bonchev–Trinajstić information content (AvgIpc) is 2.18. The van der Waals surface area contributed by atoms with Gasteiger partial charge in [0, 0.05) is 12.5 Å². The molecule has 1 amide bonds. The monoisotopic (exact) mass is 198 g/mol. The number of primary amides is 1. The summed E-state index contributed by atoms with van der Waals surface area (Å²) in [7, 11) is 2.16. The van der Waals surface area contributed by atoms with E-state index in [0.717, 1.165) is 19.0 Å². The number of hydrogen-bond acceptors (Lipinski definition) is 2. The molecule has 0 unspecified atom stereocenters. The van der Waals surface area contributed by atoms with Gasteiger partial charge in [0.25, 0.3) is 0 Å². The highest BCUT2D eigenvalue weighted by atomic mass is 16.1. The van der Waals surface area contributed by atoms with E-state index in [1.165, 1.54) is 32.1 Å². The van der Waals surface area contributed by atoms with Crippen LogP contribution in [0.15, 0.2) is 0 Å². The SMILES string of the molecule is CN(CCCC(N)=O)C1CCCCC1. The maximum absolute atomic E-state index is 10.6. The van der Waals surface area contributed by atoms with Crippen molar-refractivity contribution in [2.24, 2.45) is 5.73 Å². The Hall–Kier alpha value is -0.570. The van der Waals surface area contributed by atoms with Crippen molar-refractivity contribution in [3.05, 3.63) is 0 Å². The van der Waals surface area contributed by atoms with Crippen molar-refractivity contribution in [1.82, 2.24) is 4.90 Å². The summed E-state index contributed by atoms with van der Waals surface area (Å²) in [6.45, 7) is 1.01. The van der Waals surface area contributed by atoms with Gasteiger partial charge in [0.2, 0.25) is 5.91 Å². The summed E-state index contributed by atoms with van der Waals surface area (Å²) < 4.78 is 0. The van der Waals surface area contributed by atoms with Gasteiger partial charge in [-0.15, -0.1) is 0 Å². The standard InChI is InChI=1S/C11H22N2O/c1-13(9-5-8-11(12)14)10-6-3-2-4-7-10/h10H,2-9H2,1H3,(H2,12,14). The topological polar surface area (TPSA) is 46.3 Å². The van der Waals surface area contributed by atoms with E-state index in [2.05, 4.69) is 11.9 Å². The number of carbonyl (C=O) groups is 1. The smallest absolute Gasteiger partial charge is 0.217 e. The molecule has 0 heterocycles. The first-order valence-electron chi connectivity index (χ1n) is 5.68. The quantitative estimate of drug-likeness (QED) is 0.728. The summed E-state index contributed by atoms with van der Waals surface area (Å²) >= 11 is 0. The molecule has 1 fully saturated rings. The van der Waals surface area contributed by atoms with Gasteiger partial charge in [0.1, 0.15) is 0 Å². The van der Waals surface area contributed by atoms with Gasteiger partial charge in [-0.3, -0.25) is 4.79 Å². The highest BCUT2D eigenvalue weighted by Gasteiger charge is 2.17. The van der Waals surface area contributed by atoms with Crippen molar-refractivity contribution in [3.63, 3.8) is 0 Å². The molecule has 3 nitrogen and oxygen atoms in total. The molecule has 1 rings (SSSR count). The molecule has 14 heavy (non-hydrogen) atoms. The van der Waals surface area contributed by atoms with Crippen LogP contribution in [-0.2, 0) is 4.79 Å². The second-order valence-corrected chi connectivity index (χ2v) is 4.34. The van der Waals surface area contributed by atoms with Crippen LogP contribution in [0.3, 0.4) is 0 Å². The van der Waals surface area contributed by atoms with Gasteiger partial charge in [-0.05, 0) is 32.9 Å². The fourth-order valence-electron chi connectivity index (χ4n) is 2.21. The van der Waals surface area contributed by atoms with E-state index < -0.39 is 0 Å². The Bertz CT molecular complexity index is 176. The van der Waals surface area contributed by atoms with E-state index in [0.29, 0.717) is 6.42 Å². The highest BCUT2D eigenvalue weighted by Crippen LogP contribution is 2.21. The number of amides is 1. The third-order valence-electron chi connectivity index (χ3n) is 3.13. The zero-order valence-corrected chi connectivity index (χ0v) is 9.17. The van der Waals surface area contributed by atoms with Gasteiger partial charge in [-0.25, -0.2) is 0 Å². The van der Waals surface area contributed by atoms with Gasteiger partial charge in [0.05, 0.1) is 0 Å². The van der Waals surface area contributed by atoms with Crippen molar-refractivity contribution >= 4 is 5.91 Å². The van der Waals surface area contributed by atoms with Crippen LogP contribution < -0.4 is 5.73 Å². The lowest BCUT2D eigenvalue weighted by atomic mass is 9.94. The maximum atomic E-state index is 10.6. The zero-order chi connectivity index (χ0) is 10.4. The van der Waals surface area contributed by atoms with Crippen LogP contribution in [0.4, 0.5) is 0 Å². The van der Waals surface area contributed by atoms with Crippen LogP contribution in [0.1, 0.15) is 44.9 Å². The van der Waals surface area contributed by atoms with Gasteiger partial charge in [-0.1, -0.05) is 19.3 Å². The van der Waals surface area contributed by atoms with Crippen molar-refractivity contribution in [3.8, 4) is 0 Å². The molecule has 0 saturated heterocycles. The van der Waals surface area contributed by atoms with Gasteiger partial charge >= 0.3 is 0 Å². The number of hydrogen-bond donors (Lipinski definition) is 1. The molecule has 3 heteroatoms. The molecule has 0 spiro atoms. The number of rotatable bonds is 5. The first kappa shape index (κ1) is 11.5. The molecule has 1 saturated carbocycles. The zero-order valence-electron chi connectivity index (χ0n) is 9.17. The summed E-state index contributed by atoms with van der Waals surface area (Å²) in [5.74, 6) is -0.179. The fraction of sp³-hybridized carbons (Fsp3) is 0.909. The minimum Gasteiger partial charge on any atom is -0.370 e. The van der Waals surface area contributed by atoms with Crippen molar-refractivity contribution in [2.45, 2.75) is 51.0 Å². The largest absolute Gasteiger partial charge is 0.370 e. The summed E-state index contributed by atoms with van der Waals surface area (Å²) in [6.07, 6.45) is 8.21. The van der Waals surface area contributed by atoms with Crippen LogP contribution >= 0.6 is 0 Å². The molecule has 2 N–H and O–H groups in total. The number of carbonyl (C=O) groups excluding carboxylic acids is 1. The molecule has 1 aliphatic rings. The molecule has 0 bridgehead atoms. The summed E-state index contributed by atoms with van der Waals surface area (Å²) in [5, 5.41) is 0. The Balaban J connectivity index is 2.13. The Kier molecular flexibility index (Phi) is 4.94. The van der Waals surface area contributed by atoms with Crippen LogP contribution in [0.5, 0.6) is 0 Å². The molecule has 0 aromatic carbocycles. The van der Waals surface area contributed by atoms with E-state index in [9.17, 15) is 4.79 Å². The molecule has 0 atom stereocenters. The molecule has 1 aliphatic carbocycles. The minimum absolute atomic E-state index is 0.179. The van der Waals surface area contributed by atoms with Gasteiger partial charge in [0.15, 0.2) is 0 Å². The Morgan fingerprint density at radius 1 is 1.36 bits per heavy atom. The third-order valence-corrected chi connectivity index (χ3v) is 3.13. The van der Waals surface area contributed by atoms with Crippen LogP contribution in [0.25, 0.3) is 0 Å². The first-order chi connectivity index (χ1) is 6.70. The average molecular weight is 198 g/mol. The van der Waals surface area contributed by atoms with E-state index in [1.54, 1.807) is 0 Å². The molecule has 0 aromatic heterocycles. The second kappa shape index (κ2) is 6.02. The lowest BCUT2D eigenvalue weighted by Gasteiger charge is -2.31. The predicted octanol–water partition coefficient (Wildman–Crippen LogP) is 1.52. The fourth-order valence-corrected chi connectivity index (χ4v) is 2.21. The van der Waals surface area contributed by atoms with Gasteiger partial charge in [-0.2, -0.15) is 0 Å². The Labute approximate surface area is 86.6 Å². The van der Waals surface area contributed by atoms with E-state index >= 15 is 0 Å². The maximum Gasteiger partial charge on any atom is 0.217 e. The molecule has 0 aliphatic heterocycles. The molecular weight excluding hydrogens is 176 g/mol. The molecule has 0 radical (unpaired) electrons. The Morgan fingerprint density at radius 2 is 2.00 bits per heavy atom. The first-order valence-corrected chi connectivity index (χ1v) is 5.68. The lowest BCUT2D eigenvalue weighted by molar-refractivity contribution is -0.118. The molecular formula is C11H22N2O. The van der Waals surface area contributed by atoms with Gasteiger partial charge < -0.3 is 10.6 Å². The molecule has 82 valence electrons. The van der Waals surface area contributed by atoms with Crippen LogP contribution in [-0.4, -0.2) is 30.4 Å². The molecule has 0 aromatic rings. The predicted molar refractivity (Wildman–Crippen MR) is 57.9 cm³/mol. The van der Waals surface area contributed by atoms with Crippen molar-refractivity contribution in [1.29, 1.82) is 0 Å². The van der Waals surface area contributed by atoms with E-state index in [-0.39, 0.29) is 5.91 Å². The summed E-state index contributed by atoms with van der Waals surface area (Å²) in [4.78, 5) is 13.0.